The van der Waals surface area contributed by atoms with Gasteiger partial charge in [0.25, 0.3) is 0 Å². The first kappa shape index (κ1) is 13.4. The van der Waals surface area contributed by atoms with E-state index in [1.54, 1.807) is 0 Å². The maximum Gasteiger partial charge on any atom is 0.323 e. The van der Waals surface area contributed by atoms with Crippen molar-refractivity contribution in [3.63, 3.8) is 0 Å². The van der Waals surface area contributed by atoms with Gasteiger partial charge in [-0.05, 0) is 37.1 Å². The second kappa shape index (κ2) is 5.44. The van der Waals surface area contributed by atoms with E-state index < -0.39 is 0 Å². The van der Waals surface area contributed by atoms with E-state index in [0.717, 1.165) is 25.8 Å². The van der Waals surface area contributed by atoms with Crippen LogP contribution in [0.4, 0.5) is 5.69 Å². The highest BCUT2D eigenvalue weighted by molar-refractivity contribution is 5.77. The van der Waals surface area contributed by atoms with Gasteiger partial charge in [0.2, 0.25) is 0 Å². The van der Waals surface area contributed by atoms with Crippen LogP contribution in [-0.2, 0) is 9.53 Å². The average molecular weight is 274 g/mol. The minimum Gasteiger partial charge on any atom is -0.464 e. The largest absolute Gasteiger partial charge is 0.464 e. The van der Waals surface area contributed by atoms with Crippen molar-refractivity contribution < 1.29 is 9.53 Å². The van der Waals surface area contributed by atoms with Gasteiger partial charge in [-0.3, -0.25) is 9.69 Å². The highest BCUT2D eigenvalue weighted by Gasteiger charge is 2.39. The predicted octanol–water partition coefficient (Wildman–Crippen LogP) is 2.21. The van der Waals surface area contributed by atoms with Crippen LogP contribution in [0.15, 0.2) is 24.3 Å². The molecule has 0 unspecified atom stereocenters. The number of carbonyl (C=O) groups is 1. The molecule has 0 aliphatic carbocycles. The molecule has 1 aromatic rings. The van der Waals surface area contributed by atoms with Crippen LogP contribution in [0, 0.1) is 0 Å². The van der Waals surface area contributed by atoms with Crippen molar-refractivity contribution in [2.45, 2.75) is 31.3 Å². The second-order valence-corrected chi connectivity index (χ2v) is 5.86. The van der Waals surface area contributed by atoms with Crippen LogP contribution in [0.1, 0.15) is 30.9 Å². The number of likely N-dealkylation sites (tertiary alicyclic amines) is 1. The van der Waals surface area contributed by atoms with E-state index in [9.17, 15) is 4.79 Å². The number of hydrogen-bond acceptors (Lipinski definition) is 4. The lowest BCUT2D eigenvalue weighted by atomic mass is 10.0. The molecule has 2 aliphatic rings. The Morgan fingerprint density at radius 3 is 2.80 bits per heavy atom. The standard InChI is InChI=1S/C16H22N2O2/c1-17(2)13-6-3-5-12(11-13)14-7-4-9-18(14)15-8-10-20-16(15)19/h3,5-6,11,14-15H,4,7-10H2,1-2H3/t14-,15+/m1/s1. The molecule has 0 radical (unpaired) electrons. The molecule has 0 bridgehead atoms. The number of cyclic esters (lactones) is 1. The summed E-state index contributed by atoms with van der Waals surface area (Å²) in [4.78, 5) is 16.3. The Bertz CT molecular complexity index is 501. The van der Waals surface area contributed by atoms with Gasteiger partial charge >= 0.3 is 5.97 Å². The third-order valence-corrected chi connectivity index (χ3v) is 4.37. The highest BCUT2D eigenvalue weighted by atomic mass is 16.5. The number of carbonyl (C=O) groups excluding carboxylic acids is 1. The van der Waals surface area contributed by atoms with E-state index >= 15 is 0 Å². The molecule has 1 aromatic carbocycles. The van der Waals surface area contributed by atoms with Crippen LogP contribution in [0.2, 0.25) is 0 Å². The molecule has 2 fully saturated rings. The maximum absolute atomic E-state index is 11.8. The summed E-state index contributed by atoms with van der Waals surface area (Å²) in [6.45, 7) is 1.57. The normalized spacial score (nSPS) is 26.8. The number of hydrogen-bond donors (Lipinski definition) is 0. The lowest BCUT2D eigenvalue weighted by molar-refractivity contribution is -0.142. The molecule has 0 amide bonds. The molecule has 3 rings (SSSR count). The molecular weight excluding hydrogens is 252 g/mol. The fraction of sp³-hybridized carbons (Fsp3) is 0.562. The number of nitrogens with zero attached hydrogens (tertiary/aromatic N) is 2. The van der Waals surface area contributed by atoms with E-state index in [1.807, 2.05) is 0 Å². The summed E-state index contributed by atoms with van der Waals surface area (Å²) in [6.07, 6.45) is 3.12. The minimum absolute atomic E-state index is 0.0366. The van der Waals surface area contributed by atoms with E-state index in [0.29, 0.717) is 12.6 Å². The van der Waals surface area contributed by atoms with E-state index in [-0.39, 0.29) is 12.0 Å². The molecule has 4 nitrogen and oxygen atoms in total. The number of anilines is 1. The molecule has 0 N–H and O–H groups in total. The van der Waals surface area contributed by atoms with Crippen molar-refractivity contribution in [3.05, 3.63) is 29.8 Å². The van der Waals surface area contributed by atoms with E-state index in [4.69, 9.17) is 4.74 Å². The molecule has 2 aliphatic heterocycles. The molecular formula is C16H22N2O2. The van der Waals surface area contributed by atoms with Gasteiger partial charge in [0.1, 0.15) is 6.04 Å². The summed E-state index contributed by atoms with van der Waals surface area (Å²) < 4.78 is 5.14. The molecule has 0 aromatic heterocycles. The number of rotatable bonds is 3. The maximum atomic E-state index is 11.8. The topological polar surface area (TPSA) is 32.8 Å². The Kier molecular flexibility index (Phi) is 3.66. The van der Waals surface area contributed by atoms with Gasteiger partial charge in [-0.1, -0.05) is 12.1 Å². The third kappa shape index (κ3) is 2.40. The first-order valence-corrected chi connectivity index (χ1v) is 7.36. The fourth-order valence-corrected chi connectivity index (χ4v) is 3.32. The van der Waals surface area contributed by atoms with Crippen LogP contribution >= 0.6 is 0 Å². The van der Waals surface area contributed by atoms with Crippen molar-refractivity contribution in [3.8, 4) is 0 Å². The van der Waals surface area contributed by atoms with E-state index in [2.05, 4.69) is 48.2 Å². The number of ether oxygens (including phenoxy) is 1. The minimum atomic E-state index is -0.0411. The molecule has 0 spiro atoms. The summed E-state index contributed by atoms with van der Waals surface area (Å²) in [7, 11) is 4.11. The lowest BCUT2D eigenvalue weighted by Crippen LogP contribution is -2.38. The van der Waals surface area contributed by atoms with Crippen LogP contribution in [0.3, 0.4) is 0 Å². The first-order valence-electron chi connectivity index (χ1n) is 7.36. The summed E-state index contributed by atoms with van der Waals surface area (Å²) in [5.74, 6) is -0.0411. The van der Waals surface area contributed by atoms with Gasteiger partial charge in [-0.15, -0.1) is 0 Å². The van der Waals surface area contributed by atoms with Gasteiger partial charge < -0.3 is 9.64 Å². The lowest BCUT2D eigenvalue weighted by Gasteiger charge is -2.28. The summed E-state index contributed by atoms with van der Waals surface area (Å²) in [5, 5.41) is 0. The smallest absolute Gasteiger partial charge is 0.323 e. The predicted molar refractivity (Wildman–Crippen MR) is 78.8 cm³/mol. The van der Waals surface area contributed by atoms with Crippen molar-refractivity contribution in [1.82, 2.24) is 4.90 Å². The second-order valence-electron chi connectivity index (χ2n) is 5.86. The first-order chi connectivity index (χ1) is 9.66. The number of benzene rings is 1. The number of esters is 1. The zero-order valence-electron chi connectivity index (χ0n) is 12.2. The molecule has 108 valence electrons. The average Bonchev–Trinajstić information content (AvgIpc) is 3.06. The summed E-state index contributed by atoms with van der Waals surface area (Å²) in [5.41, 5.74) is 2.52. The fourth-order valence-electron chi connectivity index (χ4n) is 3.32. The van der Waals surface area contributed by atoms with Gasteiger partial charge in [0.15, 0.2) is 0 Å². The molecule has 2 atom stereocenters. The van der Waals surface area contributed by atoms with Gasteiger partial charge in [0, 0.05) is 32.2 Å². The third-order valence-electron chi connectivity index (χ3n) is 4.37. The van der Waals surface area contributed by atoms with E-state index in [1.165, 1.54) is 11.3 Å². The van der Waals surface area contributed by atoms with Crippen LogP contribution in [0.25, 0.3) is 0 Å². The molecule has 4 heteroatoms. The zero-order valence-corrected chi connectivity index (χ0v) is 12.2. The van der Waals surface area contributed by atoms with Crippen molar-refractivity contribution in [2.24, 2.45) is 0 Å². The quantitative estimate of drug-likeness (QED) is 0.791. The van der Waals surface area contributed by atoms with Crippen molar-refractivity contribution in [1.29, 1.82) is 0 Å². The van der Waals surface area contributed by atoms with Crippen LogP contribution in [-0.4, -0.2) is 44.2 Å². The van der Waals surface area contributed by atoms with Crippen molar-refractivity contribution >= 4 is 11.7 Å². The Morgan fingerprint density at radius 1 is 1.25 bits per heavy atom. The highest BCUT2D eigenvalue weighted by Crippen LogP contribution is 2.36. The molecule has 20 heavy (non-hydrogen) atoms. The Morgan fingerprint density at radius 2 is 2.10 bits per heavy atom. The van der Waals surface area contributed by atoms with Crippen LogP contribution < -0.4 is 4.90 Å². The van der Waals surface area contributed by atoms with Gasteiger partial charge in [0.05, 0.1) is 6.61 Å². The summed E-state index contributed by atoms with van der Waals surface area (Å²) in [6, 6.07) is 8.95. The SMILES string of the molecule is CN(C)c1cccc([C@H]2CCCN2[C@H]2CCOC2=O)c1. The van der Waals surface area contributed by atoms with Gasteiger partial charge in [-0.2, -0.15) is 0 Å². The molecule has 0 saturated carbocycles. The van der Waals surface area contributed by atoms with Crippen LogP contribution in [0.5, 0.6) is 0 Å². The Hall–Kier alpha value is -1.55. The Labute approximate surface area is 120 Å². The summed E-state index contributed by atoms with van der Waals surface area (Å²) >= 11 is 0. The van der Waals surface area contributed by atoms with Gasteiger partial charge in [-0.25, -0.2) is 0 Å². The zero-order chi connectivity index (χ0) is 14.1. The van der Waals surface area contributed by atoms with Crippen molar-refractivity contribution in [2.75, 3.05) is 32.1 Å². The Balaban J connectivity index is 1.84. The monoisotopic (exact) mass is 274 g/mol. The molecule has 2 heterocycles. The molecule has 2 saturated heterocycles.